The standard InChI is InChI=1S/C25H19BrCl2N2O3/c1-15-7-8-19(27)11-22(15)30-25(31)18(13-29)9-17-10-23(32-2)24(12-20(17)26)33-14-16-5-3-4-6-21(16)28/h3-12H,14H2,1-2H3,(H,30,31)/b18-9+. The zero-order valence-corrected chi connectivity index (χ0v) is 20.9. The lowest BCUT2D eigenvalue weighted by molar-refractivity contribution is -0.112. The molecule has 0 atom stereocenters. The maximum atomic E-state index is 12.7. The molecule has 5 nitrogen and oxygen atoms in total. The number of rotatable bonds is 7. The van der Waals surface area contributed by atoms with Crippen LogP contribution in [0.1, 0.15) is 16.7 Å². The third kappa shape index (κ3) is 6.29. The molecule has 0 unspecified atom stereocenters. The zero-order valence-electron chi connectivity index (χ0n) is 17.8. The van der Waals surface area contributed by atoms with Gasteiger partial charge in [0.15, 0.2) is 11.5 Å². The topological polar surface area (TPSA) is 71.3 Å². The van der Waals surface area contributed by atoms with E-state index in [0.29, 0.717) is 37.3 Å². The first-order chi connectivity index (χ1) is 15.8. The number of nitrogens with zero attached hydrogens (tertiary/aromatic N) is 1. The number of hydrogen-bond acceptors (Lipinski definition) is 4. The number of methoxy groups -OCH3 is 1. The average molecular weight is 546 g/mol. The van der Waals surface area contributed by atoms with E-state index in [1.165, 1.54) is 13.2 Å². The molecule has 0 aliphatic carbocycles. The van der Waals surface area contributed by atoms with E-state index in [0.717, 1.165) is 11.1 Å². The van der Waals surface area contributed by atoms with Crippen molar-refractivity contribution >= 4 is 56.8 Å². The zero-order chi connectivity index (χ0) is 24.0. The Morgan fingerprint density at radius 3 is 2.61 bits per heavy atom. The highest BCUT2D eigenvalue weighted by Gasteiger charge is 2.15. The summed E-state index contributed by atoms with van der Waals surface area (Å²) >= 11 is 15.7. The van der Waals surface area contributed by atoms with Crippen molar-refractivity contribution in [2.24, 2.45) is 0 Å². The van der Waals surface area contributed by atoms with E-state index >= 15 is 0 Å². The third-order valence-electron chi connectivity index (χ3n) is 4.74. The Kier molecular flexibility index (Phi) is 8.40. The first-order valence-electron chi connectivity index (χ1n) is 9.75. The van der Waals surface area contributed by atoms with Gasteiger partial charge >= 0.3 is 0 Å². The highest BCUT2D eigenvalue weighted by Crippen LogP contribution is 2.35. The van der Waals surface area contributed by atoms with Crippen molar-refractivity contribution in [2.75, 3.05) is 12.4 Å². The Balaban J connectivity index is 1.85. The molecule has 3 aromatic carbocycles. The van der Waals surface area contributed by atoms with Gasteiger partial charge in [0.25, 0.3) is 5.91 Å². The first kappa shape index (κ1) is 24.7. The minimum Gasteiger partial charge on any atom is -0.493 e. The van der Waals surface area contributed by atoms with Crippen LogP contribution in [0.2, 0.25) is 10.0 Å². The molecule has 0 fully saturated rings. The summed E-state index contributed by atoms with van der Waals surface area (Å²) in [6, 6.07) is 17.9. The molecular formula is C25H19BrCl2N2O3. The molecule has 0 bridgehead atoms. The summed E-state index contributed by atoms with van der Waals surface area (Å²) in [7, 11) is 1.51. The van der Waals surface area contributed by atoms with Crippen LogP contribution in [0.15, 0.2) is 64.6 Å². The number of nitrogens with one attached hydrogen (secondary N) is 1. The summed E-state index contributed by atoms with van der Waals surface area (Å²) in [6.07, 6.45) is 1.47. The molecule has 3 aromatic rings. The minimum absolute atomic E-state index is 0.0816. The van der Waals surface area contributed by atoms with Crippen LogP contribution in [0.5, 0.6) is 11.5 Å². The van der Waals surface area contributed by atoms with Crippen molar-refractivity contribution in [3.05, 3.63) is 91.4 Å². The van der Waals surface area contributed by atoms with Gasteiger partial charge in [-0.1, -0.05) is 63.4 Å². The van der Waals surface area contributed by atoms with Gasteiger partial charge in [0.05, 0.1) is 7.11 Å². The largest absolute Gasteiger partial charge is 0.493 e. The highest BCUT2D eigenvalue weighted by molar-refractivity contribution is 9.10. The van der Waals surface area contributed by atoms with Crippen LogP contribution in [-0.4, -0.2) is 13.0 Å². The van der Waals surface area contributed by atoms with Crippen LogP contribution in [-0.2, 0) is 11.4 Å². The molecule has 1 N–H and O–H groups in total. The normalized spacial score (nSPS) is 11.0. The number of amides is 1. The van der Waals surface area contributed by atoms with E-state index in [1.807, 2.05) is 31.2 Å². The smallest absolute Gasteiger partial charge is 0.266 e. The van der Waals surface area contributed by atoms with Crippen LogP contribution in [0.25, 0.3) is 6.08 Å². The summed E-state index contributed by atoms with van der Waals surface area (Å²) in [5.74, 6) is 0.381. The van der Waals surface area contributed by atoms with E-state index in [4.69, 9.17) is 32.7 Å². The number of hydrogen-bond donors (Lipinski definition) is 1. The molecule has 1 amide bonds. The Hall–Kier alpha value is -2.98. The molecule has 8 heteroatoms. The molecule has 0 aromatic heterocycles. The van der Waals surface area contributed by atoms with Crippen molar-refractivity contribution in [3.63, 3.8) is 0 Å². The summed E-state index contributed by atoms with van der Waals surface area (Å²) < 4.78 is 12.0. The SMILES string of the molecule is COc1cc(/C=C(\C#N)C(=O)Nc2cc(Cl)ccc2C)c(Br)cc1OCc1ccccc1Cl. The van der Waals surface area contributed by atoms with Crippen LogP contribution in [0.4, 0.5) is 5.69 Å². The van der Waals surface area contributed by atoms with Crippen LogP contribution >= 0.6 is 39.1 Å². The maximum absolute atomic E-state index is 12.7. The minimum atomic E-state index is -0.548. The highest BCUT2D eigenvalue weighted by atomic mass is 79.9. The van der Waals surface area contributed by atoms with Gasteiger partial charge in [0, 0.05) is 25.8 Å². The number of benzene rings is 3. The summed E-state index contributed by atoms with van der Waals surface area (Å²) in [5, 5.41) is 13.4. The van der Waals surface area contributed by atoms with E-state index in [-0.39, 0.29) is 12.2 Å². The lowest BCUT2D eigenvalue weighted by Gasteiger charge is -2.14. The molecule has 0 saturated carbocycles. The fourth-order valence-corrected chi connectivity index (χ4v) is 3.73. The van der Waals surface area contributed by atoms with Gasteiger partial charge in [-0.2, -0.15) is 5.26 Å². The average Bonchev–Trinajstić information content (AvgIpc) is 2.80. The number of carbonyl (C=O) groups is 1. The van der Waals surface area contributed by atoms with E-state index in [1.54, 1.807) is 36.4 Å². The molecular weight excluding hydrogens is 527 g/mol. The van der Waals surface area contributed by atoms with Crippen molar-refractivity contribution in [1.29, 1.82) is 5.26 Å². The second kappa shape index (κ2) is 11.2. The Bertz CT molecular complexity index is 1270. The third-order valence-corrected chi connectivity index (χ3v) is 6.03. The van der Waals surface area contributed by atoms with Gasteiger partial charge in [0.2, 0.25) is 0 Å². The molecule has 168 valence electrons. The van der Waals surface area contributed by atoms with Gasteiger partial charge in [-0.05, 0) is 54.5 Å². The molecule has 0 spiro atoms. The number of carbonyl (C=O) groups excluding carboxylic acids is 1. The van der Waals surface area contributed by atoms with Gasteiger partial charge in [-0.15, -0.1) is 0 Å². The van der Waals surface area contributed by atoms with Crippen molar-refractivity contribution in [1.82, 2.24) is 0 Å². The van der Waals surface area contributed by atoms with Gasteiger partial charge < -0.3 is 14.8 Å². The second-order valence-electron chi connectivity index (χ2n) is 6.99. The molecule has 0 aliphatic rings. The molecule has 33 heavy (non-hydrogen) atoms. The predicted octanol–water partition coefficient (Wildman–Crippen LogP) is 7.20. The van der Waals surface area contributed by atoms with Crippen LogP contribution in [0.3, 0.4) is 0 Å². The number of anilines is 1. The van der Waals surface area contributed by atoms with Crippen molar-refractivity contribution in [2.45, 2.75) is 13.5 Å². The quantitative estimate of drug-likeness (QED) is 0.252. The number of aryl methyl sites for hydroxylation is 1. The number of ether oxygens (including phenoxy) is 2. The van der Waals surface area contributed by atoms with E-state index in [9.17, 15) is 10.1 Å². The van der Waals surface area contributed by atoms with Crippen LogP contribution in [0, 0.1) is 18.3 Å². The van der Waals surface area contributed by atoms with E-state index < -0.39 is 5.91 Å². The maximum Gasteiger partial charge on any atom is 0.266 e. The number of halogens is 3. The summed E-state index contributed by atoms with van der Waals surface area (Å²) in [4.78, 5) is 12.7. The van der Waals surface area contributed by atoms with Gasteiger partial charge in [0.1, 0.15) is 18.2 Å². The van der Waals surface area contributed by atoms with Crippen LogP contribution < -0.4 is 14.8 Å². The molecule has 0 aliphatic heterocycles. The fourth-order valence-electron chi connectivity index (χ4n) is 2.93. The fraction of sp³-hybridized carbons (Fsp3) is 0.120. The Morgan fingerprint density at radius 2 is 1.91 bits per heavy atom. The van der Waals surface area contributed by atoms with Gasteiger partial charge in [-0.3, -0.25) is 4.79 Å². The summed E-state index contributed by atoms with van der Waals surface area (Å²) in [5.41, 5.74) is 2.69. The lowest BCUT2D eigenvalue weighted by Crippen LogP contribution is -2.14. The van der Waals surface area contributed by atoms with E-state index in [2.05, 4.69) is 21.2 Å². The predicted molar refractivity (Wildman–Crippen MR) is 135 cm³/mol. The van der Waals surface area contributed by atoms with Crippen molar-refractivity contribution in [3.8, 4) is 17.6 Å². The lowest BCUT2D eigenvalue weighted by atomic mass is 10.1. The molecule has 3 rings (SSSR count). The molecule has 0 heterocycles. The summed E-state index contributed by atoms with van der Waals surface area (Å²) in [6.45, 7) is 2.09. The molecule has 0 radical (unpaired) electrons. The Labute approximate surface area is 210 Å². The van der Waals surface area contributed by atoms with Crippen molar-refractivity contribution < 1.29 is 14.3 Å². The first-order valence-corrected chi connectivity index (χ1v) is 11.3. The molecule has 0 saturated heterocycles. The van der Waals surface area contributed by atoms with Gasteiger partial charge in [-0.25, -0.2) is 0 Å². The second-order valence-corrected chi connectivity index (χ2v) is 8.69. The number of nitriles is 1. The monoisotopic (exact) mass is 544 g/mol. The Morgan fingerprint density at radius 1 is 1.15 bits per heavy atom.